The van der Waals surface area contributed by atoms with Crippen LogP contribution in [0.25, 0.3) is 0 Å². The third-order valence-electron chi connectivity index (χ3n) is 2.45. The van der Waals surface area contributed by atoms with E-state index in [1.165, 1.54) is 12.8 Å². The van der Waals surface area contributed by atoms with Crippen molar-refractivity contribution >= 4 is 0 Å². The monoisotopic (exact) mass is 144 g/mol. The first-order valence-electron chi connectivity index (χ1n) is 4.17. The maximum Gasteiger partial charge on any atom is 0.129 e. The van der Waals surface area contributed by atoms with Gasteiger partial charge in [-0.25, -0.2) is 4.39 Å². The van der Waals surface area contributed by atoms with Gasteiger partial charge in [-0.3, -0.25) is 0 Å². The van der Waals surface area contributed by atoms with E-state index in [1.54, 1.807) is 0 Å². The van der Waals surface area contributed by atoms with E-state index in [2.05, 4.69) is 0 Å². The van der Waals surface area contributed by atoms with E-state index in [1.807, 2.05) is 0 Å². The third kappa shape index (κ3) is 1.17. The first kappa shape index (κ1) is 6.59. The molecule has 2 aliphatic rings. The summed E-state index contributed by atoms with van der Waals surface area (Å²) in [7, 11) is 0. The van der Waals surface area contributed by atoms with Crippen molar-refractivity contribution in [3.05, 3.63) is 0 Å². The molecule has 2 heteroatoms. The van der Waals surface area contributed by atoms with Crippen molar-refractivity contribution in [2.75, 3.05) is 0 Å². The van der Waals surface area contributed by atoms with Crippen molar-refractivity contribution in [2.45, 2.75) is 50.5 Å². The van der Waals surface area contributed by atoms with Gasteiger partial charge in [-0.2, -0.15) is 0 Å². The van der Waals surface area contributed by atoms with Crippen molar-refractivity contribution in [3.63, 3.8) is 0 Å². The van der Waals surface area contributed by atoms with Crippen LogP contribution >= 0.6 is 0 Å². The number of ether oxygens (including phenoxy) is 1. The minimum Gasteiger partial charge on any atom is -0.366 e. The van der Waals surface area contributed by atoms with Crippen molar-refractivity contribution in [1.82, 2.24) is 0 Å². The zero-order valence-corrected chi connectivity index (χ0v) is 6.05. The topological polar surface area (TPSA) is 12.5 Å². The molecular formula is C8H13FO. The van der Waals surface area contributed by atoms with Crippen molar-refractivity contribution in [1.29, 1.82) is 0 Å². The summed E-state index contributed by atoms with van der Waals surface area (Å²) >= 11 is 0. The fraction of sp³-hybridized carbons (Fsp3) is 1.00. The van der Waals surface area contributed by atoms with Gasteiger partial charge in [0.1, 0.15) is 12.3 Å². The van der Waals surface area contributed by atoms with Gasteiger partial charge in [0, 0.05) is 0 Å². The molecule has 1 heterocycles. The Balaban J connectivity index is 1.88. The molecule has 3 atom stereocenters. The Hall–Kier alpha value is -0.110. The van der Waals surface area contributed by atoms with Crippen LogP contribution < -0.4 is 0 Å². The normalized spacial score (nSPS) is 47.1. The van der Waals surface area contributed by atoms with Crippen LogP contribution in [-0.4, -0.2) is 18.4 Å². The number of epoxide rings is 1. The summed E-state index contributed by atoms with van der Waals surface area (Å²) in [6.45, 7) is 0. The van der Waals surface area contributed by atoms with Gasteiger partial charge >= 0.3 is 0 Å². The Kier molecular flexibility index (Phi) is 1.65. The summed E-state index contributed by atoms with van der Waals surface area (Å²) in [6.07, 6.45) is 4.89. The number of rotatable bonds is 0. The van der Waals surface area contributed by atoms with Crippen molar-refractivity contribution in [3.8, 4) is 0 Å². The molecule has 1 aliphatic carbocycles. The molecule has 0 radical (unpaired) electrons. The Morgan fingerprint density at radius 3 is 2.80 bits per heavy atom. The molecule has 0 spiro atoms. The minimum atomic E-state index is -0.662. The van der Waals surface area contributed by atoms with Crippen LogP contribution in [0.2, 0.25) is 0 Å². The molecule has 0 aromatic rings. The van der Waals surface area contributed by atoms with Crippen LogP contribution in [-0.2, 0) is 4.74 Å². The van der Waals surface area contributed by atoms with Gasteiger partial charge in [-0.15, -0.1) is 0 Å². The Morgan fingerprint density at radius 2 is 1.90 bits per heavy atom. The minimum absolute atomic E-state index is 0.0136. The summed E-state index contributed by atoms with van der Waals surface area (Å²) in [6, 6.07) is 0. The predicted molar refractivity (Wildman–Crippen MR) is 36.6 cm³/mol. The lowest BCUT2D eigenvalue weighted by molar-refractivity contribution is 0.232. The van der Waals surface area contributed by atoms with Gasteiger partial charge in [0.15, 0.2) is 0 Å². The molecule has 2 rings (SSSR count). The second kappa shape index (κ2) is 2.50. The van der Waals surface area contributed by atoms with Crippen LogP contribution in [0, 0.1) is 0 Å². The van der Waals surface area contributed by atoms with E-state index in [0.29, 0.717) is 0 Å². The number of fused-ring (bicyclic) bond motifs is 1. The van der Waals surface area contributed by atoms with E-state index < -0.39 is 6.17 Å². The standard InChI is InChI=1S/C8H13FO/c9-6-4-2-1-3-5-7-8(6)10-7/h6-8H,1-5H2/t6-,7-,8+/m0/s1. The summed E-state index contributed by atoms with van der Waals surface area (Å²) in [4.78, 5) is 0. The van der Waals surface area contributed by atoms with Gasteiger partial charge in [-0.1, -0.05) is 19.3 Å². The average Bonchev–Trinajstić information content (AvgIpc) is 2.62. The SMILES string of the molecule is F[C@H]1CCCCC[C@@H]2O[C@@H]21. The molecule has 1 nitrogen and oxygen atoms in total. The average molecular weight is 144 g/mol. The second-order valence-electron chi connectivity index (χ2n) is 3.29. The van der Waals surface area contributed by atoms with Gasteiger partial charge in [0.2, 0.25) is 0 Å². The number of hydrogen-bond donors (Lipinski definition) is 0. The molecule has 0 unspecified atom stereocenters. The lowest BCUT2D eigenvalue weighted by Gasteiger charge is -2.07. The Labute approximate surface area is 60.6 Å². The largest absolute Gasteiger partial charge is 0.366 e. The highest BCUT2D eigenvalue weighted by atomic mass is 19.1. The van der Waals surface area contributed by atoms with E-state index >= 15 is 0 Å². The van der Waals surface area contributed by atoms with Crippen LogP contribution in [0.3, 0.4) is 0 Å². The summed E-state index contributed by atoms with van der Waals surface area (Å²) in [5.41, 5.74) is 0. The molecule has 0 aromatic heterocycles. The van der Waals surface area contributed by atoms with Crippen LogP contribution in [0.15, 0.2) is 0 Å². The molecule has 10 heavy (non-hydrogen) atoms. The number of halogens is 1. The van der Waals surface area contributed by atoms with Crippen molar-refractivity contribution < 1.29 is 9.13 Å². The molecular weight excluding hydrogens is 131 g/mol. The van der Waals surface area contributed by atoms with Gasteiger partial charge in [-0.05, 0) is 12.8 Å². The first-order valence-corrected chi connectivity index (χ1v) is 4.17. The van der Waals surface area contributed by atoms with Crippen LogP contribution in [0.1, 0.15) is 32.1 Å². The molecule has 0 aromatic carbocycles. The fourth-order valence-electron chi connectivity index (χ4n) is 1.73. The predicted octanol–water partition coefficient (Wildman–Crippen LogP) is 2.06. The molecule has 58 valence electrons. The first-order chi connectivity index (χ1) is 4.88. The zero-order valence-electron chi connectivity index (χ0n) is 6.05. The summed E-state index contributed by atoms with van der Waals surface area (Å²) < 4.78 is 18.1. The third-order valence-corrected chi connectivity index (χ3v) is 2.45. The van der Waals surface area contributed by atoms with E-state index in [0.717, 1.165) is 19.3 Å². The smallest absolute Gasteiger partial charge is 0.129 e. The molecule has 0 amide bonds. The lowest BCUT2D eigenvalue weighted by atomic mass is 10.00. The molecule has 1 aliphatic heterocycles. The van der Waals surface area contributed by atoms with Crippen LogP contribution in [0.4, 0.5) is 4.39 Å². The van der Waals surface area contributed by atoms with Gasteiger partial charge < -0.3 is 4.74 Å². The second-order valence-corrected chi connectivity index (χ2v) is 3.29. The Morgan fingerprint density at radius 1 is 1.10 bits per heavy atom. The quantitative estimate of drug-likeness (QED) is 0.474. The summed E-state index contributed by atoms with van der Waals surface area (Å²) in [5, 5.41) is 0. The molecule has 2 fully saturated rings. The van der Waals surface area contributed by atoms with Crippen molar-refractivity contribution in [2.24, 2.45) is 0 Å². The number of hydrogen-bond acceptors (Lipinski definition) is 1. The van der Waals surface area contributed by atoms with E-state index in [9.17, 15) is 4.39 Å². The Bertz CT molecular complexity index is 126. The lowest BCUT2D eigenvalue weighted by Crippen LogP contribution is -2.13. The van der Waals surface area contributed by atoms with E-state index in [-0.39, 0.29) is 12.2 Å². The summed E-state index contributed by atoms with van der Waals surface area (Å²) in [5.74, 6) is 0. The maximum atomic E-state index is 12.9. The van der Waals surface area contributed by atoms with Gasteiger partial charge in [0.25, 0.3) is 0 Å². The molecule has 1 saturated heterocycles. The molecule has 0 N–H and O–H groups in total. The van der Waals surface area contributed by atoms with Crippen LogP contribution in [0.5, 0.6) is 0 Å². The highest BCUT2D eigenvalue weighted by Gasteiger charge is 2.44. The highest BCUT2D eigenvalue weighted by Crippen LogP contribution is 2.35. The van der Waals surface area contributed by atoms with E-state index in [4.69, 9.17) is 4.74 Å². The fourth-order valence-corrected chi connectivity index (χ4v) is 1.73. The maximum absolute atomic E-state index is 12.9. The molecule has 0 bridgehead atoms. The molecule has 1 saturated carbocycles. The number of alkyl halides is 1. The highest BCUT2D eigenvalue weighted by molar-refractivity contribution is 4.91. The van der Waals surface area contributed by atoms with Gasteiger partial charge in [0.05, 0.1) is 6.10 Å². The zero-order chi connectivity index (χ0) is 6.97.